The Balaban J connectivity index is 0.000000146. The molecule has 0 amide bonds. The maximum absolute atomic E-state index is 5.48. The predicted octanol–water partition coefficient (Wildman–Crippen LogP) is 1.13. The van der Waals surface area contributed by atoms with Crippen LogP contribution in [0.15, 0.2) is 0 Å². The second-order valence-electron chi connectivity index (χ2n) is 4.10. The van der Waals surface area contributed by atoms with E-state index in [-0.39, 0.29) is 0 Å². The first-order valence-electron chi connectivity index (χ1n) is 5.92. The van der Waals surface area contributed by atoms with Crippen molar-refractivity contribution >= 4 is 0 Å². The monoisotopic (exact) mass is 200 g/mol. The van der Waals surface area contributed by atoms with Crippen LogP contribution in [0.2, 0.25) is 0 Å². The van der Waals surface area contributed by atoms with Crippen LogP contribution < -0.4 is 11.1 Å². The molecule has 3 heteroatoms. The molecule has 2 aliphatic rings. The van der Waals surface area contributed by atoms with Crippen molar-refractivity contribution in [2.24, 2.45) is 11.7 Å². The molecule has 0 aliphatic carbocycles. The number of hydrogen-bond donors (Lipinski definition) is 2. The van der Waals surface area contributed by atoms with Crippen LogP contribution in [0.5, 0.6) is 0 Å². The van der Waals surface area contributed by atoms with Crippen molar-refractivity contribution in [1.82, 2.24) is 5.32 Å². The number of piperidine rings is 1. The average molecular weight is 200 g/mol. The van der Waals surface area contributed by atoms with Gasteiger partial charge in [-0.1, -0.05) is 0 Å². The van der Waals surface area contributed by atoms with Crippen LogP contribution >= 0.6 is 0 Å². The fourth-order valence-electron chi connectivity index (χ4n) is 1.80. The van der Waals surface area contributed by atoms with E-state index in [2.05, 4.69) is 5.32 Å². The molecule has 0 spiro atoms. The molecule has 3 nitrogen and oxygen atoms in total. The first-order chi connectivity index (χ1) is 6.93. The van der Waals surface area contributed by atoms with E-state index >= 15 is 0 Å². The van der Waals surface area contributed by atoms with Crippen LogP contribution in [0, 0.1) is 5.92 Å². The third-order valence-electron chi connectivity index (χ3n) is 2.87. The lowest BCUT2D eigenvalue weighted by molar-refractivity contribution is 0.0968. The summed E-state index contributed by atoms with van der Waals surface area (Å²) in [5, 5.41) is 3.29. The second kappa shape index (κ2) is 8.21. The summed E-state index contributed by atoms with van der Waals surface area (Å²) in [6.45, 7) is 5.21. The fraction of sp³-hybridized carbons (Fsp3) is 1.00. The molecule has 0 atom stereocenters. The van der Waals surface area contributed by atoms with Gasteiger partial charge in [0.1, 0.15) is 0 Å². The van der Waals surface area contributed by atoms with Crippen LogP contribution in [0.3, 0.4) is 0 Å². The molecule has 0 bridgehead atoms. The second-order valence-corrected chi connectivity index (χ2v) is 4.10. The molecule has 0 saturated carbocycles. The van der Waals surface area contributed by atoms with Gasteiger partial charge in [0.2, 0.25) is 0 Å². The molecule has 84 valence electrons. The van der Waals surface area contributed by atoms with Gasteiger partial charge in [-0.25, -0.2) is 0 Å². The molecule has 0 unspecified atom stereocenters. The molecular formula is C11H24N2O. The number of rotatable bonds is 1. The normalized spacial score (nSPS) is 23.8. The zero-order valence-electron chi connectivity index (χ0n) is 9.13. The maximum atomic E-state index is 5.48. The van der Waals surface area contributed by atoms with E-state index in [0.717, 1.165) is 25.7 Å². The molecule has 2 aliphatic heterocycles. The lowest BCUT2D eigenvalue weighted by atomic mass is 9.99. The maximum Gasteiger partial charge on any atom is 0.0466 e. The Kier molecular flexibility index (Phi) is 7.01. The van der Waals surface area contributed by atoms with Gasteiger partial charge in [-0.2, -0.15) is 0 Å². The van der Waals surface area contributed by atoms with E-state index in [0.29, 0.717) is 0 Å². The predicted molar refractivity (Wildman–Crippen MR) is 59.3 cm³/mol. The summed E-state index contributed by atoms with van der Waals surface area (Å²) in [5.74, 6) is 0.802. The Morgan fingerprint density at radius 2 is 1.71 bits per heavy atom. The largest absolute Gasteiger partial charge is 0.381 e. The summed E-state index contributed by atoms with van der Waals surface area (Å²) in [7, 11) is 0. The van der Waals surface area contributed by atoms with Gasteiger partial charge in [0.15, 0.2) is 0 Å². The van der Waals surface area contributed by atoms with Gasteiger partial charge in [0.25, 0.3) is 0 Å². The summed E-state index contributed by atoms with van der Waals surface area (Å²) in [6, 6.07) is 0. The standard InChI is InChI=1S/C6H14N2.C5H10O/c7-5-6-1-3-8-4-2-6;1-2-4-6-5-3-1/h6,8H,1-5,7H2;1-5H2. The van der Waals surface area contributed by atoms with Gasteiger partial charge >= 0.3 is 0 Å². The highest BCUT2D eigenvalue weighted by atomic mass is 16.5. The highest BCUT2D eigenvalue weighted by molar-refractivity contribution is 4.68. The third-order valence-corrected chi connectivity index (χ3v) is 2.87. The van der Waals surface area contributed by atoms with Gasteiger partial charge in [-0.3, -0.25) is 0 Å². The topological polar surface area (TPSA) is 47.3 Å². The van der Waals surface area contributed by atoms with Crippen molar-refractivity contribution < 1.29 is 4.74 Å². The van der Waals surface area contributed by atoms with Crippen LogP contribution in [0.1, 0.15) is 32.1 Å². The minimum Gasteiger partial charge on any atom is -0.381 e. The minimum absolute atomic E-state index is 0.802. The van der Waals surface area contributed by atoms with E-state index in [4.69, 9.17) is 10.5 Å². The van der Waals surface area contributed by atoms with Crippen LogP contribution in [-0.4, -0.2) is 32.8 Å². The Bertz CT molecular complexity index is 109. The molecular weight excluding hydrogens is 176 g/mol. The van der Waals surface area contributed by atoms with Gasteiger partial charge in [0, 0.05) is 13.2 Å². The van der Waals surface area contributed by atoms with Gasteiger partial charge in [-0.05, 0) is 57.7 Å². The zero-order valence-corrected chi connectivity index (χ0v) is 9.13. The van der Waals surface area contributed by atoms with Crippen molar-refractivity contribution in [1.29, 1.82) is 0 Å². The first-order valence-corrected chi connectivity index (χ1v) is 5.92. The van der Waals surface area contributed by atoms with Crippen LogP contribution in [0.4, 0.5) is 0 Å². The summed E-state index contributed by atoms with van der Waals surface area (Å²) in [5.41, 5.74) is 5.48. The molecule has 0 aromatic rings. The van der Waals surface area contributed by atoms with Crippen LogP contribution in [-0.2, 0) is 4.74 Å². The van der Waals surface area contributed by atoms with Crippen molar-refractivity contribution in [3.05, 3.63) is 0 Å². The molecule has 2 heterocycles. The molecule has 2 saturated heterocycles. The highest BCUT2D eigenvalue weighted by Gasteiger charge is 2.09. The molecule has 2 rings (SSSR count). The van der Waals surface area contributed by atoms with Crippen molar-refractivity contribution in [3.63, 3.8) is 0 Å². The van der Waals surface area contributed by atoms with E-state index in [1.165, 1.54) is 45.2 Å². The highest BCUT2D eigenvalue weighted by Crippen LogP contribution is 2.08. The Morgan fingerprint density at radius 1 is 1.07 bits per heavy atom. The summed E-state index contributed by atoms with van der Waals surface area (Å²) >= 11 is 0. The van der Waals surface area contributed by atoms with E-state index in [1.54, 1.807) is 0 Å². The van der Waals surface area contributed by atoms with Gasteiger partial charge in [-0.15, -0.1) is 0 Å². The number of nitrogens with two attached hydrogens (primary N) is 1. The van der Waals surface area contributed by atoms with Crippen molar-refractivity contribution in [2.45, 2.75) is 32.1 Å². The van der Waals surface area contributed by atoms with E-state index in [9.17, 15) is 0 Å². The zero-order chi connectivity index (χ0) is 10.1. The third kappa shape index (κ3) is 5.58. The number of hydrogen-bond acceptors (Lipinski definition) is 3. The first kappa shape index (κ1) is 12.0. The SMILES string of the molecule is C1CCOCC1.NCC1CCNCC1. The van der Waals surface area contributed by atoms with Gasteiger partial charge in [0.05, 0.1) is 0 Å². The molecule has 14 heavy (non-hydrogen) atoms. The number of nitrogens with one attached hydrogen (secondary N) is 1. The smallest absolute Gasteiger partial charge is 0.0466 e. The lowest BCUT2D eigenvalue weighted by Crippen LogP contribution is -2.31. The summed E-state index contributed by atoms with van der Waals surface area (Å²) in [6.07, 6.45) is 6.48. The van der Waals surface area contributed by atoms with Crippen LogP contribution in [0.25, 0.3) is 0 Å². The Hall–Kier alpha value is -0.120. The van der Waals surface area contributed by atoms with Gasteiger partial charge < -0.3 is 15.8 Å². The quantitative estimate of drug-likeness (QED) is 0.667. The number of ether oxygens (including phenoxy) is 1. The Labute approximate surface area is 87.4 Å². The molecule has 0 radical (unpaired) electrons. The van der Waals surface area contributed by atoms with E-state index in [1.807, 2.05) is 0 Å². The summed E-state index contributed by atoms with van der Waals surface area (Å²) in [4.78, 5) is 0. The Morgan fingerprint density at radius 3 is 2.00 bits per heavy atom. The van der Waals surface area contributed by atoms with Crippen molar-refractivity contribution in [2.75, 3.05) is 32.8 Å². The van der Waals surface area contributed by atoms with E-state index < -0.39 is 0 Å². The molecule has 3 N–H and O–H groups in total. The minimum atomic E-state index is 0.802. The molecule has 0 aromatic carbocycles. The van der Waals surface area contributed by atoms with Crippen molar-refractivity contribution in [3.8, 4) is 0 Å². The summed E-state index contributed by atoms with van der Waals surface area (Å²) < 4.78 is 5.07. The molecule has 2 fully saturated rings. The molecule has 0 aromatic heterocycles. The fourth-order valence-corrected chi connectivity index (χ4v) is 1.80. The average Bonchev–Trinajstić information content (AvgIpc) is 2.33. The lowest BCUT2D eigenvalue weighted by Gasteiger charge is -2.20.